The Kier molecular flexibility index (Phi) is 5.05. The van der Waals surface area contributed by atoms with E-state index in [1.54, 1.807) is 7.11 Å². The summed E-state index contributed by atoms with van der Waals surface area (Å²) in [7, 11) is 1.73. The Morgan fingerprint density at radius 2 is 2.21 bits per heavy atom. The van der Waals surface area contributed by atoms with Crippen molar-refractivity contribution in [1.29, 1.82) is 0 Å². The number of fused-ring (bicyclic) bond motifs is 1. The first-order valence-corrected chi connectivity index (χ1v) is 6.95. The lowest BCUT2D eigenvalue weighted by atomic mass is 10.1. The molecule has 0 aromatic heterocycles. The lowest BCUT2D eigenvalue weighted by Crippen LogP contribution is -2.36. The average molecular weight is 264 g/mol. The highest BCUT2D eigenvalue weighted by Crippen LogP contribution is 2.30. The van der Waals surface area contributed by atoms with E-state index in [1.165, 1.54) is 11.3 Å². The first-order valence-electron chi connectivity index (χ1n) is 6.95. The van der Waals surface area contributed by atoms with Crippen molar-refractivity contribution in [3.05, 3.63) is 23.8 Å². The van der Waals surface area contributed by atoms with Gasteiger partial charge in [-0.15, -0.1) is 0 Å². The van der Waals surface area contributed by atoms with Crippen LogP contribution in [0.2, 0.25) is 0 Å². The number of hydrogen-bond donors (Lipinski definition) is 2. The maximum Gasteiger partial charge on any atom is 0.124 e. The summed E-state index contributed by atoms with van der Waals surface area (Å²) in [4.78, 5) is 0. The molecule has 1 heterocycles. The number of ether oxygens (including phenoxy) is 2. The molecule has 4 heteroatoms. The third-order valence-corrected chi connectivity index (χ3v) is 3.34. The molecule has 4 nitrogen and oxygen atoms in total. The Balaban J connectivity index is 1.89. The molecule has 1 unspecified atom stereocenters. The van der Waals surface area contributed by atoms with Crippen LogP contribution in [0.15, 0.2) is 18.2 Å². The lowest BCUT2D eigenvalue weighted by molar-refractivity contribution is 0.0565. The molecule has 19 heavy (non-hydrogen) atoms. The maximum absolute atomic E-state index is 5.93. The smallest absolute Gasteiger partial charge is 0.124 e. The third kappa shape index (κ3) is 3.85. The van der Waals surface area contributed by atoms with Crippen molar-refractivity contribution >= 4 is 5.69 Å². The number of rotatable bonds is 7. The highest BCUT2D eigenvalue weighted by atomic mass is 16.5. The van der Waals surface area contributed by atoms with Gasteiger partial charge in [0.1, 0.15) is 18.5 Å². The van der Waals surface area contributed by atoms with Crippen molar-refractivity contribution in [2.45, 2.75) is 32.4 Å². The van der Waals surface area contributed by atoms with Gasteiger partial charge in [0.25, 0.3) is 0 Å². The first kappa shape index (κ1) is 14.2. The third-order valence-electron chi connectivity index (χ3n) is 3.34. The summed E-state index contributed by atoms with van der Waals surface area (Å²) < 4.78 is 11.4. The van der Waals surface area contributed by atoms with Gasteiger partial charge in [-0.3, -0.25) is 0 Å². The monoisotopic (exact) mass is 264 g/mol. The van der Waals surface area contributed by atoms with Crippen LogP contribution in [0.25, 0.3) is 0 Å². The van der Waals surface area contributed by atoms with Crippen molar-refractivity contribution in [1.82, 2.24) is 5.32 Å². The highest BCUT2D eigenvalue weighted by Gasteiger charge is 2.16. The quantitative estimate of drug-likeness (QED) is 0.791. The van der Waals surface area contributed by atoms with Gasteiger partial charge in [-0.25, -0.2) is 0 Å². The van der Waals surface area contributed by atoms with Crippen molar-refractivity contribution in [2.75, 3.05) is 32.1 Å². The van der Waals surface area contributed by atoms with E-state index in [2.05, 4.69) is 30.5 Å². The van der Waals surface area contributed by atoms with Gasteiger partial charge in [0.05, 0.1) is 0 Å². The Labute approximate surface area is 115 Å². The van der Waals surface area contributed by atoms with Gasteiger partial charge in [0.2, 0.25) is 0 Å². The van der Waals surface area contributed by atoms with E-state index in [1.807, 2.05) is 12.1 Å². The second kappa shape index (κ2) is 6.78. The molecule has 0 radical (unpaired) electrons. The summed E-state index contributed by atoms with van der Waals surface area (Å²) in [6.45, 7) is 6.64. The molecular weight excluding hydrogens is 240 g/mol. The number of benzene rings is 1. The summed E-state index contributed by atoms with van der Waals surface area (Å²) in [6.07, 6.45) is 1.11. The van der Waals surface area contributed by atoms with Gasteiger partial charge < -0.3 is 20.1 Å². The molecule has 1 aliphatic heterocycles. The van der Waals surface area contributed by atoms with Gasteiger partial charge in [-0.05, 0) is 18.6 Å². The summed E-state index contributed by atoms with van der Waals surface area (Å²) >= 11 is 0. The minimum atomic E-state index is 0.0765. The number of methoxy groups -OCH3 is 1. The highest BCUT2D eigenvalue weighted by molar-refractivity contribution is 5.61. The Morgan fingerprint density at radius 3 is 2.95 bits per heavy atom. The molecule has 0 saturated carbocycles. The molecule has 1 aromatic carbocycles. The molecule has 0 bridgehead atoms. The molecule has 0 saturated heterocycles. The van der Waals surface area contributed by atoms with Crippen LogP contribution < -0.4 is 15.4 Å². The second-order valence-corrected chi connectivity index (χ2v) is 5.19. The van der Waals surface area contributed by atoms with Crippen molar-refractivity contribution in [3.8, 4) is 5.75 Å². The molecule has 1 aromatic rings. The summed E-state index contributed by atoms with van der Waals surface area (Å²) in [6, 6.07) is 6.63. The molecular formula is C15H24N2O2. The maximum atomic E-state index is 5.93. The molecule has 0 amide bonds. The lowest BCUT2D eigenvalue weighted by Gasteiger charge is -2.19. The van der Waals surface area contributed by atoms with Gasteiger partial charge in [0, 0.05) is 37.5 Å². The van der Waals surface area contributed by atoms with Gasteiger partial charge in [-0.2, -0.15) is 0 Å². The van der Waals surface area contributed by atoms with E-state index in [0.29, 0.717) is 12.6 Å². The topological polar surface area (TPSA) is 42.5 Å². The molecule has 1 aliphatic rings. The molecule has 0 aliphatic carbocycles. The van der Waals surface area contributed by atoms with Crippen LogP contribution in [0.4, 0.5) is 5.69 Å². The van der Waals surface area contributed by atoms with Gasteiger partial charge in [0.15, 0.2) is 0 Å². The number of hydrogen-bond acceptors (Lipinski definition) is 4. The fourth-order valence-corrected chi connectivity index (χ4v) is 2.21. The zero-order chi connectivity index (χ0) is 13.7. The van der Waals surface area contributed by atoms with E-state index in [9.17, 15) is 0 Å². The van der Waals surface area contributed by atoms with E-state index in [-0.39, 0.29) is 6.10 Å². The molecule has 2 rings (SSSR count). The predicted octanol–water partition coefficient (Wildman–Crippen LogP) is 2.05. The van der Waals surface area contributed by atoms with E-state index < -0.39 is 0 Å². The van der Waals surface area contributed by atoms with Gasteiger partial charge >= 0.3 is 0 Å². The van der Waals surface area contributed by atoms with Gasteiger partial charge in [-0.1, -0.05) is 19.9 Å². The summed E-state index contributed by atoms with van der Waals surface area (Å²) in [5.74, 6) is 0.981. The normalized spacial score (nSPS) is 15.2. The molecule has 0 spiro atoms. The van der Waals surface area contributed by atoms with E-state index >= 15 is 0 Å². The Bertz CT molecular complexity index is 407. The number of anilines is 1. The second-order valence-electron chi connectivity index (χ2n) is 5.19. The van der Waals surface area contributed by atoms with Crippen LogP contribution in [0.1, 0.15) is 19.4 Å². The SMILES string of the molecule is COC(CNC(C)C)COc1cccc2c1CCN2. The van der Waals surface area contributed by atoms with Crippen molar-refractivity contribution in [2.24, 2.45) is 0 Å². The minimum Gasteiger partial charge on any atom is -0.490 e. The standard InChI is InChI=1S/C15H24N2O2/c1-11(2)17-9-12(18-3)10-19-15-6-4-5-14-13(15)7-8-16-14/h4-6,11-12,16-17H,7-10H2,1-3H3. The fraction of sp³-hybridized carbons (Fsp3) is 0.600. The fourth-order valence-electron chi connectivity index (χ4n) is 2.21. The summed E-state index contributed by atoms with van der Waals surface area (Å²) in [5, 5.41) is 6.73. The Hall–Kier alpha value is -1.26. The number of nitrogens with one attached hydrogen (secondary N) is 2. The summed E-state index contributed by atoms with van der Waals surface area (Å²) in [5.41, 5.74) is 2.49. The largest absolute Gasteiger partial charge is 0.490 e. The van der Waals surface area contributed by atoms with Crippen molar-refractivity contribution in [3.63, 3.8) is 0 Å². The van der Waals surface area contributed by atoms with Crippen LogP contribution in [0.3, 0.4) is 0 Å². The van der Waals surface area contributed by atoms with Crippen LogP contribution in [0, 0.1) is 0 Å². The van der Waals surface area contributed by atoms with Crippen LogP contribution >= 0.6 is 0 Å². The van der Waals surface area contributed by atoms with Crippen LogP contribution in [0.5, 0.6) is 5.75 Å². The molecule has 2 N–H and O–H groups in total. The Morgan fingerprint density at radius 1 is 1.37 bits per heavy atom. The zero-order valence-electron chi connectivity index (χ0n) is 12.0. The average Bonchev–Trinajstić information content (AvgIpc) is 2.87. The zero-order valence-corrected chi connectivity index (χ0v) is 12.0. The minimum absolute atomic E-state index is 0.0765. The predicted molar refractivity (Wildman–Crippen MR) is 78.1 cm³/mol. The van der Waals surface area contributed by atoms with E-state index in [0.717, 1.165) is 25.3 Å². The molecule has 106 valence electrons. The molecule has 0 fully saturated rings. The van der Waals surface area contributed by atoms with Crippen molar-refractivity contribution < 1.29 is 9.47 Å². The first-order chi connectivity index (χ1) is 9.20. The van der Waals surface area contributed by atoms with Crippen LogP contribution in [-0.4, -0.2) is 39.0 Å². The van der Waals surface area contributed by atoms with Crippen LogP contribution in [-0.2, 0) is 11.2 Å². The molecule has 1 atom stereocenters. The van der Waals surface area contributed by atoms with E-state index in [4.69, 9.17) is 9.47 Å².